The zero-order valence-electron chi connectivity index (χ0n) is 16.4. The first kappa shape index (κ1) is 20.6. The van der Waals surface area contributed by atoms with Gasteiger partial charge in [0.1, 0.15) is 11.8 Å². The Morgan fingerprint density at radius 1 is 1.10 bits per heavy atom. The summed E-state index contributed by atoms with van der Waals surface area (Å²) in [6.45, 7) is 4.55. The van der Waals surface area contributed by atoms with E-state index in [-0.39, 0.29) is 11.1 Å². The van der Waals surface area contributed by atoms with Gasteiger partial charge in [0.25, 0.3) is 5.91 Å². The Morgan fingerprint density at radius 2 is 1.86 bits per heavy atom. The summed E-state index contributed by atoms with van der Waals surface area (Å²) in [7, 11) is 0. The van der Waals surface area contributed by atoms with Crippen molar-refractivity contribution in [2.45, 2.75) is 20.3 Å². The molecule has 0 atom stereocenters. The lowest BCUT2D eigenvalue weighted by atomic mass is 10.0. The molecule has 3 aromatic rings. The highest BCUT2D eigenvalue weighted by Gasteiger charge is 2.13. The van der Waals surface area contributed by atoms with E-state index in [1.807, 2.05) is 62.4 Å². The maximum atomic E-state index is 12.6. The minimum absolute atomic E-state index is 0.173. The fraction of sp³-hybridized carbons (Fsp3) is 0.174. The molecule has 1 heterocycles. The number of nitrogens with one attached hydrogen (secondary N) is 1. The zero-order valence-corrected chi connectivity index (χ0v) is 17.1. The second-order valence-electron chi connectivity index (χ2n) is 6.43. The highest BCUT2D eigenvalue weighted by Crippen LogP contribution is 2.29. The number of aromatic nitrogens is 1. The van der Waals surface area contributed by atoms with Crippen LogP contribution >= 0.6 is 11.6 Å². The molecule has 0 fully saturated rings. The van der Waals surface area contributed by atoms with E-state index in [1.165, 1.54) is 0 Å². The molecule has 1 amide bonds. The van der Waals surface area contributed by atoms with E-state index in [1.54, 1.807) is 18.3 Å². The summed E-state index contributed by atoms with van der Waals surface area (Å²) in [6.07, 6.45) is 2.47. The van der Waals surface area contributed by atoms with Crippen molar-refractivity contribution >= 4 is 28.9 Å². The highest BCUT2D eigenvalue weighted by atomic mass is 35.5. The van der Waals surface area contributed by atoms with Crippen molar-refractivity contribution in [1.29, 1.82) is 0 Å². The topological polar surface area (TPSA) is 63.6 Å². The number of carbonyl (C=O) groups is 1. The van der Waals surface area contributed by atoms with E-state index in [0.717, 1.165) is 28.8 Å². The van der Waals surface area contributed by atoms with Crippen LogP contribution in [0.15, 0.2) is 72.0 Å². The number of hydrogen-bond donors (Lipinski definition) is 1. The summed E-state index contributed by atoms with van der Waals surface area (Å²) in [5.41, 5.74) is 4.71. The quantitative estimate of drug-likeness (QED) is 0.233. The molecule has 29 heavy (non-hydrogen) atoms. The predicted molar refractivity (Wildman–Crippen MR) is 118 cm³/mol. The van der Waals surface area contributed by atoms with Crippen LogP contribution in [-0.4, -0.2) is 23.2 Å². The largest absolute Gasteiger partial charge is 0.396 e. The molecule has 6 heteroatoms. The number of anilines is 1. The molecule has 0 aliphatic heterocycles. The summed E-state index contributed by atoms with van der Waals surface area (Å²) >= 11 is 6.04. The monoisotopic (exact) mass is 407 g/mol. The van der Waals surface area contributed by atoms with Crippen molar-refractivity contribution in [2.24, 2.45) is 5.16 Å². The van der Waals surface area contributed by atoms with Gasteiger partial charge in [-0.25, -0.2) is 4.98 Å². The second kappa shape index (κ2) is 9.85. The van der Waals surface area contributed by atoms with Crippen LogP contribution in [0.3, 0.4) is 0 Å². The Labute approximate surface area is 175 Å². The van der Waals surface area contributed by atoms with E-state index in [9.17, 15) is 4.79 Å². The van der Waals surface area contributed by atoms with Crippen molar-refractivity contribution in [3.63, 3.8) is 0 Å². The summed E-state index contributed by atoms with van der Waals surface area (Å²) in [4.78, 5) is 21.8. The Bertz CT molecular complexity index is 1020. The maximum absolute atomic E-state index is 12.6. The van der Waals surface area contributed by atoms with Gasteiger partial charge in [-0.15, -0.1) is 0 Å². The highest BCUT2D eigenvalue weighted by molar-refractivity contribution is 6.33. The maximum Gasteiger partial charge on any atom is 0.258 e. The summed E-state index contributed by atoms with van der Waals surface area (Å²) in [5, 5.41) is 7.23. The van der Waals surface area contributed by atoms with E-state index in [2.05, 4.69) is 15.5 Å². The molecule has 0 aliphatic carbocycles. The molecule has 0 spiro atoms. The van der Waals surface area contributed by atoms with Gasteiger partial charge in [0.15, 0.2) is 0 Å². The number of para-hydroxylation sites is 1. The molecular formula is C23H22ClN3O2. The number of pyridine rings is 1. The lowest BCUT2D eigenvalue weighted by molar-refractivity contribution is 0.102. The molecule has 148 valence electrons. The van der Waals surface area contributed by atoms with Crippen LogP contribution < -0.4 is 5.32 Å². The molecule has 1 aromatic heterocycles. The van der Waals surface area contributed by atoms with Crippen molar-refractivity contribution in [3.05, 3.63) is 83.1 Å². The third-order valence-corrected chi connectivity index (χ3v) is 4.59. The second-order valence-corrected chi connectivity index (χ2v) is 6.79. The number of rotatable bonds is 7. The van der Waals surface area contributed by atoms with Gasteiger partial charge in [-0.1, -0.05) is 66.1 Å². The number of nitrogens with zero attached hydrogens (tertiary/aromatic N) is 2. The van der Waals surface area contributed by atoms with Gasteiger partial charge in [0, 0.05) is 17.4 Å². The third kappa shape index (κ3) is 5.21. The number of halogens is 1. The van der Waals surface area contributed by atoms with E-state index >= 15 is 0 Å². The lowest BCUT2D eigenvalue weighted by Gasteiger charge is -2.12. The average Bonchev–Trinajstić information content (AvgIpc) is 2.74. The fourth-order valence-corrected chi connectivity index (χ4v) is 2.97. The Morgan fingerprint density at radius 3 is 2.59 bits per heavy atom. The SMILES string of the molecule is CCCON=C(C)c1ccc(-c2ccccc2NC(=O)c2cccnc2Cl)cc1. The van der Waals surface area contributed by atoms with E-state index < -0.39 is 0 Å². The van der Waals surface area contributed by atoms with E-state index in [0.29, 0.717) is 17.9 Å². The van der Waals surface area contributed by atoms with Crippen LogP contribution in [0.5, 0.6) is 0 Å². The van der Waals surface area contributed by atoms with Gasteiger partial charge in [-0.3, -0.25) is 4.79 Å². The first-order chi connectivity index (χ1) is 14.1. The normalized spacial score (nSPS) is 11.2. The number of oxime groups is 1. The molecule has 5 nitrogen and oxygen atoms in total. The van der Waals surface area contributed by atoms with Gasteiger partial charge >= 0.3 is 0 Å². The minimum Gasteiger partial charge on any atom is -0.396 e. The van der Waals surface area contributed by atoms with Gasteiger partial charge < -0.3 is 10.2 Å². The van der Waals surface area contributed by atoms with Gasteiger partial charge in [0.05, 0.1) is 11.3 Å². The molecule has 1 N–H and O–H groups in total. The molecule has 0 saturated heterocycles. The van der Waals surface area contributed by atoms with Crippen LogP contribution in [0.25, 0.3) is 11.1 Å². The Balaban J connectivity index is 1.83. The van der Waals surface area contributed by atoms with E-state index in [4.69, 9.17) is 16.4 Å². The number of benzene rings is 2. The summed E-state index contributed by atoms with van der Waals surface area (Å²) < 4.78 is 0. The number of hydrogen-bond acceptors (Lipinski definition) is 4. The van der Waals surface area contributed by atoms with Crippen LogP contribution in [0.4, 0.5) is 5.69 Å². The molecule has 0 saturated carbocycles. The van der Waals surface area contributed by atoms with Crippen LogP contribution in [-0.2, 0) is 4.84 Å². The fourth-order valence-electron chi connectivity index (χ4n) is 2.77. The van der Waals surface area contributed by atoms with Crippen molar-refractivity contribution in [2.75, 3.05) is 11.9 Å². The lowest BCUT2D eigenvalue weighted by Crippen LogP contribution is -2.13. The standard InChI is InChI=1S/C23H22ClN3O2/c1-3-15-29-27-16(2)17-10-12-18(13-11-17)19-7-4-5-9-21(19)26-23(28)20-8-6-14-25-22(20)24/h4-14H,3,15H2,1-2H3,(H,26,28). The van der Waals surface area contributed by atoms with Gasteiger partial charge in [0.2, 0.25) is 0 Å². The van der Waals surface area contributed by atoms with Crippen LogP contribution in [0.2, 0.25) is 5.15 Å². The molecule has 0 unspecified atom stereocenters. The zero-order chi connectivity index (χ0) is 20.6. The molecule has 0 radical (unpaired) electrons. The summed E-state index contributed by atoms with van der Waals surface area (Å²) in [5.74, 6) is -0.303. The van der Waals surface area contributed by atoms with Crippen LogP contribution in [0, 0.1) is 0 Å². The summed E-state index contributed by atoms with van der Waals surface area (Å²) in [6, 6.07) is 18.9. The molecule has 3 rings (SSSR count). The first-order valence-corrected chi connectivity index (χ1v) is 9.76. The Kier molecular flexibility index (Phi) is 6.98. The van der Waals surface area contributed by atoms with Crippen molar-refractivity contribution < 1.29 is 9.63 Å². The molecule has 0 bridgehead atoms. The molecule has 0 aliphatic rings. The van der Waals surface area contributed by atoms with Gasteiger partial charge in [-0.2, -0.15) is 0 Å². The average molecular weight is 408 g/mol. The minimum atomic E-state index is -0.303. The number of amides is 1. The van der Waals surface area contributed by atoms with Crippen molar-refractivity contribution in [3.8, 4) is 11.1 Å². The third-order valence-electron chi connectivity index (χ3n) is 4.29. The predicted octanol–water partition coefficient (Wildman–Crippen LogP) is 5.80. The van der Waals surface area contributed by atoms with Crippen LogP contribution in [0.1, 0.15) is 36.2 Å². The molecular weight excluding hydrogens is 386 g/mol. The smallest absolute Gasteiger partial charge is 0.258 e. The van der Waals surface area contributed by atoms with Crippen molar-refractivity contribution in [1.82, 2.24) is 4.98 Å². The molecule has 2 aromatic carbocycles. The Hall–Kier alpha value is -3.18. The van der Waals surface area contributed by atoms with Gasteiger partial charge in [-0.05, 0) is 42.7 Å². The number of carbonyl (C=O) groups excluding carboxylic acids is 1. The first-order valence-electron chi connectivity index (χ1n) is 9.38.